The number of aliphatic hydroxyl groups is 1. The predicted molar refractivity (Wildman–Crippen MR) is 85.5 cm³/mol. The Bertz CT molecular complexity index is 738. The number of rotatable bonds is 4. The molecule has 1 aliphatic rings. The van der Waals surface area contributed by atoms with Crippen molar-refractivity contribution in [3.63, 3.8) is 0 Å². The van der Waals surface area contributed by atoms with Gasteiger partial charge in [0.1, 0.15) is 0 Å². The summed E-state index contributed by atoms with van der Waals surface area (Å²) >= 11 is 0. The summed E-state index contributed by atoms with van der Waals surface area (Å²) in [6.07, 6.45) is -13.3. The van der Waals surface area contributed by atoms with Crippen LogP contribution in [0.1, 0.15) is 31.4 Å². The van der Waals surface area contributed by atoms with Crippen molar-refractivity contribution in [1.29, 1.82) is 0 Å². The lowest BCUT2D eigenvalue weighted by molar-refractivity contribution is -0.365. The van der Waals surface area contributed by atoms with Crippen molar-refractivity contribution in [2.75, 3.05) is 14.2 Å². The second kappa shape index (κ2) is 6.57. The van der Waals surface area contributed by atoms with E-state index in [0.717, 1.165) is 0 Å². The third kappa shape index (κ3) is 3.85. The van der Waals surface area contributed by atoms with Crippen LogP contribution in [0, 0.1) is 0 Å². The maximum Gasteiger partial charge on any atom is 0.426 e. The van der Waals surface area contributed by atoms with Gasteiger partial charge in [-0.1, -0.05) is 0 Å². The average Bonchev–Trinajstić information content (AvgIpc) is 2.50. The molecular formula is C17H19F6NO3. The van der Waals surface area contributed by atoms with Crippen molar-refractivity contribution in [2.45, 2.75) is 50.2 Å². The molecule has 0 spiro atoms. The van der Waals surface area contributed by atoms with E-state index < -0.39 is 35.6 Å². The van der Waals surface area contributed by atoms with Crippen LogP contribution in [0.4, 0.5) is 26.3 Å². The first-order valence-electron chi connectivity index (χ1n) is 7.85. The van der Waals surface area contributed by atoms with E-state index in [9.17, 15) is 31.4 Å². The molecule has 1 heterocycles. The molecule has 0 bridgehead atoms. The summed E-state index contributed by atoms with van der Waals surface area (Å²) in [6.45, 7) is 3.15. The summed E-state index contributed by atoms with van der Waals surface area (Å²) in [5, 5.41) is 9.57. The SMILES string of the molecule is COc1cc2c(cc1OC)C(CC(O)(C(F)(F)F)C(F)(F)F)=NC(C)(C)C2. The summed E-state index contributed by atoms with van der Waals surface area (Å²) in [4.78, 5) is 4.06. The Morgan fingerprint density at radius 1 is 1.00 bits per heavy atom. The van der Waals surface area contributed by atoms with Gasteiger partial charge in [0.25, 0.3) is 5.60 Å². The Kier molecular flexibility index (Phi) is 5.19. The summed E-state index contributed by atoms with van der Waals surface area (Å²) in [6, 6.07) is 2.76. The number of ether oxygens (including phenoxy) is 2. The summed E-state index contributed by atoms with van der Waals surface area (Å²) in [7, 11) is 2.65. The lowest BCUT2D eigenvalue weighted by atomic mass is 9.82. The number of benzene rings is 1. The Labute approximate surface area is 151 Å². The molecule has 0 amide bonds. The number of nitrogens with zero attached hydrogens (tertiary/aromatic N) is 1. The Hall–Kier alpha value is -1.97. The van der Waals surface area contributed by atoms with Crippen LogP contribution in [0.25, 0.3) is 0 Å². The van der Waals surface area contributed by atoms with Crippen molar-refractivity contribution < 1.29 is 40.9 Å². The summed E-state index contributed by atoms with van der Waals surface area (Å²) < 4.78 is 88.9. The first-order chi connectivity index (χ1) is 12.1. The topological polar surface area (TPSA) is 51.0 Å². The number of hydrogen-bond acceptors (Lipinski definition) is 4. The molecule has 1 aromatic carbocycles. The van der Waals surface area contributed by atoms with Gasteiger partial charge in [-0.25, -0.2) is 0 Å². The molecule has 2 rings (SSSR count). The smallest absolute Gasteiger partial charge is 0.426 e. The van der Waals surface area contributed by atoms with Crippen molar-refractivity contribution in [1.82, 2.24) is 0 Å². The van der Waals surface area contributed by atoms with Gasteiger partial charge in [-0.15, -0.1) is 0 Å². The van der Waals surface area contributed by atoms with Gasteiger partial charge in [0.15, 0.2) is 11.5 Å². The standard InChI is InChI=1S/C17H19F6NO3/c1-14(2)7-9-5-12(26-3)13(27-4)6-10(9)11(24-14)8-15(25,16(18,19)20)17(21,22)23/h5-6,25H,7-8H2,1-4H3. The number of alkyl halides is 6. The lowest BCUT2D eigenvalue weighted by Crippen LogP contribution is -2.58. The van der Waals surface area contributed by atoms with Gasteiger partial charge in [0, 0.05) is 17.7 Å². The second-order valence-corrected chi connectivity index (χ2v) is 6.94. The van der Waals surface area contributed by atoms with E-state index in [2.05, 4.69) is 4.99 Å². The largest absolute Gasteiger partial charge is 0.493 e. The van der Waals surface area contributed by atoms with E-state index in [-0.39, 0.29) is 23.5 Å². The van der Waals surface area contributed by atoms with Crippen LogP contribution in [0.3, 0.4) is 0 Å². The average molecular weight is 399 g/mol. The van der Waals surface area contributed by atoms with Gasteiger partial charge in [-0.3, -0.25) is 4.99 Å². The fraction of sp³-hybridized carbons (Fsp3) is 0.588. The summed E-state index contributed by atoms with van der Waals surface area (Å²) in [5.41, 5.74) is -5.87. The van der Waals surface area contributed by atoms with Crippen LogP contribution in [-0.4, -0.2) is 48.5 Å². The van der Waals surface area contributed by atoms with E-state index in [0.29, 0.717) is 5.56 Å². The van der Waals surface area contributed by atoms with Crippen LogP contribution in [0.2, 0.25) is 0 Å². The maximum absolute atomic E-state index is 13.1. The van der Waals surface area contributed by atoms with Crippen LogP contribution >= 0.6 is 0 Å². The molecule has 0 aliphatic carbocycles. The molecule has 4 nitrogen and oxygen atoms in total. The Balaban J connectivity index is 2.64. The van der Waals surface area contributed by atoms with Gasteiger partial charge in [0.2, 0.25) is 0 Å². The van der Waals surface area contributed by atoms with Crippen molar-refractivity contribution in [2.24, 2.45) is 4.99 Å². The molecule has 0 saturated heterocycles. The minimum atomic E-state index is -5.92. The minimum Gasteiger partial charge on any atom is -0.493 e. The Morgan fingerprint density at radius 2 is 1.48 bits per heavy atom. The number of fused-ring (bicyclic) bond motifs is 1. The molecular weight excluding hydrogens is 380 g/mol. The van der Waals surface area contributed by atoms with Gasteiger partial charge < -0.3 is 14.6 Å². The van der Waals surface area contributed by atoms with E-state index >= 15 is 0 Å². The first-order valence-corrected chi connectivity index (χ1v) is 7.85. The van der Waals surface area contributed by atoms with E-state index in [1.165, 1.54) is 26.4 Å². The third-order valence-electron chi connectivity index (χ3n) is 4.34. The molecule has 1 N–H and O–H groups in total. The molecule has 27 heavy (non-hydrogen) atoms. The molecule has 152 valence electrons. The van der Waals surface area contributed by atoms with Gasteiger partial charge in [-0.2, -0.15) is 26.3 Å². The van der Waals surface area contributed by atoms with Crippen LogP contribution < -0.4 is 9.47 Å². The summed E-state index contributed by atoms with van der Waals surface area (Å²) in [5.74, 6) is 0.418. The minimum absolute atomic E-state index is 0.0545. The normalized spacial score (nSPS) is 17.2. The van der Waals surface area contributed by atoms with Crippen molar-refractivity contribution in [3.8, 4) is 11.5 Å². The van der Waals surface area contributed by atoms with Crippen LogP contribution in [0.15, 0.2) is 17.1 Å². The van der Waals surface area contributed by atoms with Crippen LogP contribution in [0.5, 0.6) is 11.5 Å². The molecule has 1 aromatic rings. The quantitative estimate of drug-likeness (QED) is 0.777. The Morgan fingerprint density at radius 3 is 1.93 bits per heavy atom. The third-order valence-corrected chi connectivity index (χ3v) is 4.34. The van der Waals surface area contributed by atoms with E-state index in [4.69, 9.17) is 9.47 Å². The van der Waals surface area contributed by atoms with Gasteiger partial charge in [0.05, 0.1) is 19.8 Å². The predicted octanol–water partition coefficient (Wildman–Crippen LogP) is 4.07. The zero-order valence-corrected chi connectivity index (χ0v) is 15.0. The number of aliphatic imine (C=N–C) groups is 1. The number of hydrogen-bond donors (Lipinski definition) is 1. The molecule has 0 radical (unpaired) electrons. The second-order valence-electron chi connectivity index (χ2n) is 6.94. The lowest BCUT2D eigenvalue weighted by Gasteiger charge is -2.36. The highest BCUT2D eigenvalue weighted by molar-refractivity contribution is 6.04. The van der Waals surface area contributed by atoms with Gasteiger partial charge >= 0.3 is 12.4 Å². The fourth-order valence-corrected chi connectivity index (χ4v) is 3.01. The number of halogens is 6. The maximum atomic E-state index is 13.1. The molecule has 1 aliphatic heterocycles. The molecule has 0 saturated carbocycles. The number of methoxy groups -OCH3 is 2. The molecule has 10 heteroatoms. The zero-order valence-electron chi connectivity index (χ0n) is 15.0. The molecule has 0 fully saturated rings. The van der Waals surface area contributed by atoms with Crippen molar-refractivity contribution in [3.05, 3.63) is 23.3 Å². The molecule has 0 unspecified atom stereocenters. The highest BCUT2D eigenvalue weighted by Crippen LogP contribution is 2.47. The first kappa shape index (κ1) is 21.3. The highest BCUT2D eigenvalue weighted by atomic mass is 19.4. The van der Waals surface area contributed by atoms with Crippen LogP contribution in [-0.2, 0) is 6.42 Å². The zero-order chi connectivity index (χ0) is 20.8. The van der Waals surface area contributed by atoms with E-state index in [1.54, 1.807) is 13.8 Å². The molecule has 0 atom stereocenters. The van der Waals surface area contributed by atoms with Gasteiger partial charge in [-0.05, 0) is 38.0 Å². The van der Waals surface area contributed by atoms with Crippen molar-refractivity contribution >= 4 is 5.71 Å². The van der Waals surface area contributed by atoms with E-state index in [1.807, 2.05) is 0 Å². The highest BCUT2D eigenvalue weighted by Gasteiger charge is 2.70. The fourth-order valence-electron chi connectivity index (χ4n) is 3.01. The monoisotopic (exact) mass is 399 g/mol. The molecule has 0 aromatic heterocycles.